The van der Waals surface area contributed by atoms with Gasteiger partial charge in [-0.1, -0.05) is 25.5 Å². The molecule has 0 heterocycles. The Morgan fingerprint density at radius 3 is 2.56 bits per heavy atom. The maximum Gasteiger partial charge on any atom is 0.337 e. The van der Waals surface area contributed by atoms with E-state index in [0.29, 0.717) is 18.2 Å². The van der Waals surface area contributed by atoms with Crippen molar-refractivity contribution in [2.75, 3.05) is 11.9 Å². The van der Waals surface area contributed by atoms with Crippen LogP contribution in [0.25, 0.3) is 0 Å². The number of nitrogens with one attached hydrogen (secondary N) is 2. The monoisotopic (exact) mass is 250 g/mol. The molecule has 0 saturated carbocycles. The van der Waals surface area contributed by atoms with E-state index in [2.05, 4.69) is 10.6 Å². The minimum absolute atomic E-state index is 0.0923. The van der Waals surface area contributed by atoms with Crippen LogP contribution in [0.2, 0.25) is 0 Å². The van der Waals surface area contributed by atoms with Gasteiger partial charge in [0.2, 0.25) is 0 Å². The number of urea groups is 1. The predicted molar refractivity (Wildman–Crippen MR) is 70.0 cm³/mol. The summed E-state index contributed by atoms with van der Waals surface area (Å²) >= 11 is 0. The van der Waals surface area contributed by atoms with E-state index in [0.717, 1.165) is 5.56 Å². The molecule has 0 atom stereocenters. The molecule has 0 radical (unpaired) electrons. The highest BCUT2D eigenvalue weighted by molar-refractivity contribution is 6.00. The molecule has 1 aromatic carbocycles. The van der Waals surface area contributed by atoms with Gasteiger partial charge >= 0.3 is 12.0 Å². The molecule has 0 aliphatic carbocycles. The third-order valence-corrected chi connectivity index (χ3v) is 2.32. The van der Waals surface area contributed by atoms with Crippen molar-refractivity contribution in [1.82, 2.24) is 5.32 Å². The molecule has 0 fully saturated rings. The molecule has 98 valence electrons. The Balaban J connectivity index is 2.78. The van der Waals surface area contributed by atoms with Crippen LogP contribution in [0.15, 0.2) is 18.2 Å². The molecule has 5 heteroatoms. The molecular weight excluding hydrogens is 232 g/mol. The van der Waals surface area contributed by atoms with Crippen molar-refractivity contribution in [1.29, 1.82) is 0 Å². The normalized spacial score (nSPS) is 10.2. The van der Waals surface area contributed by atoms with E-state index in [1.165, 1.54) is 6.07 Å². The van der Waals surface area contributed by atoms with E-state index in [9.17, 15) is 9.59 Å². The molecule has 0 unspecified atom stereocenters. The quantitative estimate of drug-likeness (QED) is 0.768. The Morgan fingerprint density at radius 1 is 1.33 bits per heavy atom. The van der Waals surface area contributed by atoms with Crippen LogP contribution in [-0.2, 0) is 0 Å². The largest absolute Gasteiger partial charge is 0.478 e. The third-order valence-electron chi connectivity index (χ3n) is 2.32. The smallest absolute Gasteiger partial charge is 0.337 e. The number of aryl methyl sites for hydroxylation is 1. The molecule has 2 amide bonds. The first-order valence-corrected chi connectivity index (χ1v) is 5.79. The van der Waals surface area contributed by atoms with Crippen LogP contribution >= 0.6 is 0 Å². The second kappa shape index (κ2) is 6.05. The summed E-state index contributed by atoms with van der Waals surface area (Å²) in [6, 6.07) is 4.48. The number of carbonyl (C=O) groups is 2. The lowest BCUT2D eigenvalue weighted by atomic mass is 10.1. The predicted octanol–water partition coefficient (Wildman–Crippen LogP) is 2.47. The average Bonchev–Trinajstić information content (AvgIpc) is 2.28. The second-order valence-corrected chi connectivity index (χ2v) is 4.58. The number of anilines is 1. The van der Waals surface area contributed by atoms with Crippen molar-refractivity contribution in [2.24, 2.45) is 5.92 Å². The lowest BCUT2D eigenvalue weighted by molar-refractivity contribution is 0.0698. The van der Waals surface area contributed by atoms with Crippen molar-refractivity contribution >= 4 is 17.7 Å². The molecule has 1 rings (SSSR count). The second-order valence-electron chi connectivity index (χ2n) is 4.58. The highest BCUT2D eigenvalue weighted by atomic mass is 16.4. The Labute approximate surface area is 106 Å². The minimum Gasteiger partial charge on any atom is -0.478 e. The number of hydrogen-bond acceptors (Lipinski definition) is 2. The first-order chi connectivity index (χ1) is 8.40. The fourth-order valence-corrected chi connectivity index (χ4v) is 1.41. The molecule has 0 bridgehead atoms. The fourth-order valence-electron chi connectivity index (χ4n) is 1.41. The SMILES string of the molecule is Cc1ccc(NC(=O)NCC(C)C)c(C(=O)O)c1. The van der Waals surface area contributed by atoms with Crippen LogP contribution in [0.1, 0.15) is 29.8 Å². The summed E-state index contributed by atoms with van der Waals surface area (Å²) in [7, 11) is 0. The van der Waals surface area contributed by atoms with Gasteiger partial charge in [-0.25, -0.2) is 9.59 Å². The number of carboxylic acid groups (broad SMARTS) is 1. The summed E-state index contributed by atoms with van der Waals surface area (Å²) in [6.45, 7) is 6.30. The van der Waals surface area contributed by atoms with Crippen molar-refractivity contribution < 1.29 is 14.7 Å². The van der Waals surface area contributed by atoms with Gasteiger partial charge in [-0.05, 0) is 25.0 Å². The zero-order chi connectivity index (χ0) is 13.7. The van der Waals surface area contributed by atoms with Crippen molar-refractivity contribution in [3.8, 4) is 0 Å². The Kier molecular flexibility index (Phi) is 4.71. The molecule has 0 saturated heterocycles. The molecule has 0 aliphatic rings. The summed E-state index contributed by atoms with van der Waals surface area (Å²) < 4.78 is 0. The number of carboxylic acids is 1. The van der Waals surface area contributed by atoms with Crippen molar-refractivity contribution in [3.05, 3.63) is 29.3 Å². The number of carbonyl (C=O) groups excluding carboxylic acids is 1. The summed E-state index contributed by atoms with van der Waals surface area (Å²) in [6.07, 6.45) is 0. The van der Waals surface area contributed by atoms with Crippen molar-refractivity contribution in [3.63, 3.8) is 0 Å². The van der Waals surface area contributed by atoms with E-state index in [1.54, 1.807) is 19.1 Å². The number of rotatable bonds is 4. The Bertz CT molecular complexity index is 456. The molecule has 0 aliphatic heterocycles. The van der Waals surface area contributed by atoms with Gasteiger partial charge in [0.15, 0.2) is 0 Å². The van der Waals surface area contributed by atoms with Crippen LogP contribution in [0.5, 0.6) is 0 Å². The van der Waals surface area contributed by atoms with Gasteiger partial charge in [0.05, 0.1) is 11.3 Å². The van der Waals surface area contributed by atoms with Crippen molar-refractivity contribution in [2.45, 2.75) is 20.8 Å². The number of aromatic carboxylic acids is 1. The summed E-state index contributed by atoms with van der Waals surface area (Å²) in [5.74, 6) is -0.717. The minimum atomic E-state index is -1.06. The van der Waals surface area contributed by atoms with Gasteiger partial charge in [-0.15, -0.1) is 0 Å². The molecule has 3 N–H and O–H groups in total. The molecule has 0 aromatic heterocycles. The maximum atomic E-state index is 11.6. The van der Waals surface area contributed by atoms with Crippen LogP contribution in [0, 0.1) is 12.8 Å². The van der Waals surface area contributed by atoms with Gasteiger partial charge < -0.3 is 15.7 Å². The van der Waals surface area contributed by atoms with Gasteiger partial charge in [0.1, 0.15) is 0 Å². The summed E-state index contributed by atoms with van der Waals surface area (Å²) in [5.41, 5.74) is 1.23. The molecule has 18 heavy (non-hydrogen) atoms. The molecule has 1 aromatic rings. The van der Waals surface area contributed by atoms with Gasteiger partial charge in [0.25, 0.3) is 0 Å². The van der Waals surface area contributed by atoms with Crippen LogP contribution < -0.4 is 10.6 Å². The van der Waals surface area contributed by atoms with E-state index in [-0.39, 0.29) is 5.56 Å². The first-order valence-electron chi connectivity index (χ1n) is 5.79. The summed E-state index contributed by atoms with van der Waals surface area (Å²) in [4.78, 5) is 22.6. The Morgan fingerprint density at radius 2 is 2.00 bits per heavy atom. The van der Waals surface area contributed by atoms with Crippen LogP contribution in [0.4, 0.5) is 10.5 Å². The highest BCUT2D eigenvalue weighted by Gasteiger charge is 2.12. The number of hydrogen-bond donors (Lipinski definition) is 3. The van der Waals surface area contributed by atoms with E-state index >= 15 is 0 Å². The fraction of sp³-hybridized carbons (Fsp3) is 0.385. The molecule has 5 nitrogen and oxygen atoms in total. The topological polar surface area (TPSA) is 78.4 Å². The zero-order valence-electron chi connectivity index (χ0n) is 10.8. The lowest BCUT2D eigenvalue weighted by Gasteiger charge is -2.11. The number of amides is 2. The van der Waals surface area contributed by atoms with Crippen LogP contribution in [-0.4, -0.2) is 23.7 Å². The van der Waals surface area contributed by atoms with Crippen LogP contribution in [0.3, 0.4) is 0 Å². The van der Waals surface area contributed by atoms with Gasteiger partial charge in [0, 0.05) is 6.54 Å². The lowest BCUT2D eigenvalue weighted by Crippen LogP contribution is -2.32. The van der Waals surface area contributed by atoms with E-state index < -0.39 is 12.0 Å². The highest BCUT2D eigenvalue weighted by Crippen LogP contribution is 2.17. The van der Waals surface area contributed by atoms with Gasteiger partial charge in [-0.3, -0.25) is 0 Å². The molecular formula is C13H18N2O3. The first kappa shape index (κ1) is 14.0. The maximum absolute atomic E-state index is 11.6. The third kappa shape index (κ3) is 4.08. The van der Waals surface area contributed by atoms with E-state index in [4.69, 9.17) is 5.11 Å². The average molecular weight is 250 g/mol. The van der Waals surface area contributed by atoms with E-state index in [1.807, 2.05) is 13.8 Å². The summed E-state index contributed by atoms with van der Waals surface area (Å²) in [5, 5.41) is 14.3. The van der Waals surface area contributed by atoms with Gasteiger partial charge in [-0.2, -0.15) is 0 Å². The Hall–Kier alpha value is -2.04. The standard InChI is InChI=1S/C13H18N2O3/c1-8(2)7-14-13(18)15-11-5-4-9(3)6-10(11)12(16)17/h4-6,8H,7H2,1-3H3,(H,16,17)(H2,14,15,18). The zero-order valence-corrected chi connectivity index (χ0v) is 10.8. The number of benzene rings is 1. The molecule has 0 spiro atoms.